The molecule has 6 heteroatoms. The number of benzene rings is 1. The molecule has 0 spiro atoms. The Hall–Kier alpha value is -1.17. The molecule has 1 aromatic rings. The fourth-order valence-electron chi connectivity index (χ4n) is 2.35. The maximum Gasteiger partial charge on any atom is 0.203 e. The zero-order valence-electron chi connectivity index (χ0n) is 12.3. The van der Waals surface area contributed by atoms with Crippen LogP contribution in [0.1, 0.15) is 5.56 Å². The number of nitrogens with zero attached hydrogens (tertiary/aromatic N) is 1. The lowest BCUT2D eigenvalue weighted by atomic mass is 10.1. The van der Waals surface area contributed by atoms with E-state index >= 15 is 0 Å². The largest absolute Gasteiger partial charge is 0.493 e. The third-order valence-corrected chi connectivity index (χ3v) is 3.34. The third-order valence-electron chi connectivity index (χ3n) is 3.34. The van der Waals surface area contributed by atoms with Crippen LogP contribution < -0.4 is 19.5 Å². The molecule has 1 aliphatic heterocycles. The Morgan fingerprint density at radius 3 is 2.00 bits per heavy atom. The molecule has 1 N–H and O–H groups in total. The molecule has 1 fully saturated rings. The van der Waals surface area contributed by atoms with E-state index in [1.165, 1.54) is 5.56 Å². The summed E-state index contributed by atoms with van der Waals surface area (Å²) >= 11 is 0. The van der Waals surface area contributed by atoms with Gasteiger partial charge in [-0.05, 0) is 17.7 Å². The summed E-state index contributed by atoms with van der Waals surface area (Å²) in [6.45, 7) is 5.13. The molecule has 1 heterocycles. The van der Waals surface area contributed by atoms with Gasteiger partial charge in [-0.15, -0.1) is 12.4 Å². The molecular weight excluding hydrogens is 280 g/mol. The van der Waals surface area contributed by atoms with Crippen LogP contribution in [0.3, 0.4) is 0 Å². The zero-order chi connectivity index (χ0) is 13.7. The average molecular weight is 303 g/mol. The van der Waals surface area contributed by atoms with Crippen molar-refractivity contribution in [2.24, 2.45) is 0 Å². The van der Waals surface area contributed by atoms with Gasteiger partial charge in [0.25, 0.3) is 0 Å². The van der Waals surface area contributed by atoms with Crippen LogP contribution in [0, 0.1) is 0 Å². The molecule has 0 aromatic heterocycles. The summed E-state index contributed by atoms with van der Waals surface area (Å²) in [5, 5.41) is 3.35. The van der Waals surface area contributed by atoms with Crippen molar-refractivity contribution in [3.63, 3.8) is 0 Å². The highest BCUT2D eigenvalue weighted by Crippen LogP contribution is 2.38. The molecule has 0 aliphatic carbocycles. The van der Waals surface area contributed by atoms with Crippen molar-refractivity contribution in [2.75, 3.05) is 47.5 Å². The Bertz CT molecular complexity index is 398. The average Bonchev–Trinajstić information content (AvgIpc) is 2.47. The smallest absolute Gasteiger partial charge is 0.203 e. The predicted octanol–water partition coefficient (Wildman–Crippen LogP) is 1.54. The van der Waals surface area contributed by atoms with Crippen LogP contribution in [0.15, 0.2) is 12.1 Å². The van der Waals surface area contributed by atoms with Gasteiger partial charge in [0, 0.05) is 32.7 Å². The Balaban J connectivity index is 0.00000200. The number of nitrogens with one attached hydrogen (secondary N) is 1. The van der Waals surface area contributed by atoms with E-state index in [0.717, 1.165) is 32.7 Å². The van der Waals surface area contributed by atoms with Crippen LogP contribution in [-0.2, 0) is 6.54 Å². The van der Waals surface area contributed by atoms with E-state index in [0.29, 0.717) is 17.2 Å². The number of halogens is 1. The molecule has 1 saturated heterocycles. The molecule has 2 rings (SSSR count). The number of ether oxygens (including phenoxy) is 3. The van der Waals surface area contributed by atoms with E-state index in [1.54, 1.807) is 21.3 Å². The molecule has 0 radical (unpaired) electrons. The van der Waals surface area contributed by atoms with Crippen molar-refractivity contribution in [1.82, 2.24) is 10.2 Å². The van der Waals surface area contributed by atoms with Crippen LogP contribution in [-0.4, -0.2) is 52.4 Å². The van der Waals surface area contributed by atoms with Gasteiger partial charge in [0.1, 0.15) is 0 Å². The van der Waals surface area contributed by atoms with Gasteiger partial charge in [0.2, 0.25) is 5.75 Å². The second-order valence-electron chi connectivity index (χ2n) is 4.56. The summed E-state index contributed by atoms with van der Waals surface area (Å²) in [6, 6.07) is 4.03. The topological polar surface area (TPSA) is 43.0 Å². The molecule has 0 amide bonds. The molecule has 0 unspecified atom stereocenters. The second kappa shape index (κ2) is 8.19. The number of hydrogen-bond donors (Lipinski definition) is 1. The summed E-state index contributed by atoms with van der Waals surface area (Å²) in [5.41, 5.74) is 1.18. The lowest BCUT2D eigenvalue weighted by Gasteiger charge is -2.27. The van der Waals surface area contributed by atoms with Crippen molar-refractivity contribution in [2.45, 2.75) is 6.54 Å². The number of piperazine rings is 1. The molecule has 0 atom stereocenters. The number of rotatable bonds is 5. The van der Waals surface area contributed by atoms with E-state index in [1.807, 2.05) is 12.1 Å². The van der Waals surface area contributed by atoms with Gasteiger partial charge in [-0.3, -0.25) is 4.90 Å². The highest BCUT2D eigenvalue weighted by Gasteiger charge is 2.16. The molecular formula is C14H23ClN2O3. The number of hydrogen-bond acceptors (Lipinski definition) is 5. The van der Waals surface area contributed by atoms with Gasteiger partial charge in [0.15, 0.2) is 11.5 Å². The van der Waals surface area contributed by atoms with Crippen LogP contribution in [0.5, 0.6) is 17.2 Å². The first-order chi connectivity index (χ1) is 9.28. The van der Waals surface area contributed by atoms with Crippen molar-refractivity contribution in [1.29, 1.82) is 0 Å². The fraction of sp³-hybridized carbons (Fsp3) is 0.571. The van der Waals surface area contributed by atoms with E-state index in [-0.39, 0.29) is 12.4 Å². The van der Waals surface area contributed by atoms with Gasteiger partial charge in [0.05, 0.1) is 21.3 Å². The molecule has 0 bridgehead atoms. The number of methoxy groups -OCH3 is 3. The highest BCUT2D eigenvalue weighted by molar-refractivity contribution is 5.85. The van der Waals surface area contributed by atoms with Crippen LogP contribution in [0.4, 0.5) is 0 Å². The maximum absolute atomic E-state index is 5.37. The Morgan fingerprint density at radius 2 is 1.55 bits per heavy atom. The quantitative estimate of drug-likeness (QED) is 0.894. The van der Waals surface area contributed by atoms with E-state index in [9.17, 15) is 0 Å². The van der Waals surface area contributed by atoms with E-state index in [2.05, 4.69) is 10.2 Å². The van der Waals surface area contributed by atoms with Gasteiger partial charge < -0.3 is 19.5 Å². The summed E-state index contributed by atoms with van der Waals surface area (Å²) < 4.78 is 16.1. The first-order valence-electron chi connectivity index (χ1n) is 6.50. The molecule has 1 aromatic carbocycles. The Morgan fingerprint density at radius 1 is 1.00 bits per heavy atom. The lowest BCUT2D eigenvalue weighted by molar-refractivity contribution is 0.232. The Kier molecular flexibility index (Phi) is 6.91. The molecule has 20 heavy (non-hydrogen) atoms. The second-order valence-corrected chi connectivity index (χ2v) is 4.56. The van der Waals surface area contributed by atoms with Gasteiger partial charge in [-0.25, -0.2) is 0 Å². The van der Waals surface area contributed by atoms with Crippen molar-refractivity contribution >= 4 is 12.4 Å². The summed E-state index contributed by atoms with van der Waals surface area (Å²) in [6.07, 6.45) is 0. The van der Waals surface area contributed by atoms with Crippen molar-refractivity contribution in [3.05, 3.63) is 17.7 Å². The maximum atomic E-state index is 5.37. The van der Waals surface area contributed by atoms with Crippen LogP contribution in [0.2, 0.25) is 0 Å². The monoisotopic (exact) mass is 302 g/mol. The standard InChI is InChI=1S/C14H22N2O3.ClH/c1-17-12-8-11(9-13(18-2)14(12)19-3)10-16-6-4-15-5-7-16;/h8-9,15H,4-7,10H2,1-3H3;1H. The normalized spacial score (nSPS) is 15.3. The predicted molar refractivity (Wildman–Crippen MR) is 81.5 cm³/mol. The molecule has 1 aliphatic rings. The summed E-state index contributed by atoms with van der Waals surface area (Å²) in [4.78, 5) is 2.41. The van der Waals surface area contributed by atoms with Gasteiger partial charge >= 0.3 is 0 Å². The van der Waals surface area contributed by atoms with Gasteiger partial charge in [-0.2, -0.15) is 0 Å². The van der Waals surface area contributed by atoms with E-state index in [4.69, 9.17) is 14.2 Å². The van der Waals surface area contributed by atoms with Crippen LogP contribution >= 0.6 is 12.4 Å². The minimum Gasteiger partial charge on any atom is -0.493 e. The molecule has 0 saturated carbocycles. The highest BCUT2D eigenvalue weighted by atomic mass is 35.5. The van der Waals surface area contributed by atoms with E-state index < -0.39 is 0 Å². The van der Waals surface area contributed by atoms with Crippen LogP contribution in [0.25, 0.3) is 0 Å². The molecule has 5 nitrogen and oxygen atoms in total. The van der Waals surface area contributed by atoms with Crippen molar-refractivity contribution in [3.8, 4) is 17.2 Å². The summed E-state index contributed by atoms with van der Waals surface area (Å²) in [5.74, 6) is 2.08. The first-order valence-corrected chi connectivity index (χ1v) is 6.50. The SMILES string of the molecule is COc1cc(CN2CCNCC2)cc(OC)c1OC.Cl. The lowest BCUT2D eigenvalue weighted by Crippen LogP contribution is -2.42. The van der Waals surface area contributed by atoms with Gasteiger partial charge in [-0.1, -0.05) is 0 Å². The minimum absolute atomic E-state index is 0. The van der Waals surface area contributed by atoms with Crippen molar-refractivity contribution < 1.29 is 14.2 Å². The fourth-order valence-corrected chi connectivity index (χ4v) is 2.35. The first kappa shape index (κ1) is 16.9. The third kappa shape index (κ3) is 3.91. The molecule has 114 valence electrons. The summed E-state index contributed by atoms with van der Waals surface area (Å²) in [7, 11) is 4.91. The Labute approximate surface area is 126 Å². The minimum atomic E-state index is 0. The zero-order valence-corrected chi connectivity index (χ0v) is 13.1.